The summed E-state index contributed by atoms with van der Waals surface area (Å²) in [5, 5.41) is 3.58. The van der Waals surface area contributed by atoms with Crippen molar-refractivity contribution >= 4 is 5.69 Å². The fraction of sp³-hybridized carbons (Fsp3) is 0.667. The van der Waals surface area contributed by atoms with Gasteiger partial charge >= 0.3 is 0 Å². The average molecular weight is 264 g/mol. The summed E-state index contributed by atoms with van der Waals surface area (Å²) < 4.78 is 0. The first-order valence-corrected chi connectivity index (χ1v) is 7.37. The van der Waals surface area contributed by atoms with E-state index in [1.165, 1.54) is 0 Å². The molecule has 19 heavy (non-hydrogen) atoms. The average Bonchev–Trinajstić information content (AvgIpc) is 2.44. The van der Waals surface area contributed by atoms with Gasteiger partial charge in [0.05, 0.1) is 0 Å². The normalized spacial score (nSPS) is 12.8. The summed E-state index contributed by atoms with van der Waals surface area (Å²) in [4.78, 5) is 6.65. The number of pyridine rings is 1. The SMILES string of the molecule is CCCNC(CCN(CC)CC)c1cnccc1N. The van der Waals surface area contributed by atoms with Crippen molar-refractivity contribution in [2.24, 2.45) is 0 Å². The zero-order valence-corrected chi connectivity index (χ0v) is 12.5. The van der Waals surface area contributed by atoms with E-state index in [1.807, 2.05) is 12.3 Å². The van der Waals surface area contributed by atoms with Gasteiger partial charge in [-0.05, 0) is 45.1 Å². The van der Waals surface area contributed by atoms with Gasteiger partial charge < -0.3 is 16.0 Å². The van der Waals surface area contributed by atoms with Gasteiger partial charge in [0.25, 0.3) is 0 Å². The Balaban J connectivity index is 2.69. The van der Waals surface area contributed by atoms with Gasteiger partial charge in [0.2, 0.25) is 0 Å². The Morgan fingerprint density at radius 2 is 2.05 bits per heavy atom. The molecule has 0 saturated heterocycles. The molecule has 0 radical (unpaired) electrons. The lowest BCUT2D eigenvalue weighted by molar-refractivity contribution is 0.282. The molecule has 0 amide bonds. The molecule has 3 N–H and O–H groups in total. The molecule has 0 fully saturated rings. The van der Waals surface area contributed by atoms with E-state index in [1.54, 1.807) is 6.20 Å². The van der Waals surface area contributed by atoms with Gasteiger partial charge in [-0.1, -0.05) is 20.8 Å². The molecule has 0 spiro atoms. The lowest BCUT2D eigenvalue weighted by atomic mass is 10.0. The Morgan fingerprint density at radius 3 is 2.63 bits per heavy atom. The van der Waals surface area contributed by atoms with E-state index in [0.717, 1.165) is 50.3 Å². The third kappa shape index (κ3) is 5.17. The maximum Gasteiger partial charge on any atom is 0.0393 e. The van der Waals surface area contributed by atoms with Crippen LogP contribution in [0.5, 0.6) is 0 Å². The van der Waals surface area contributed by atoms with Crippen LogP contribution in [0.4, 0.5) is 5.69 Å². The highest BCUT2D eigenvalue weighted by Gasteiger charge is 2.14. The Morgan fingerprint density at radius 1 is 1.32 bits per heavy atom. The van der Waals surface area contributed by atoms with Crippen molar-refractivity contribution in [3.8, 4) is 0 Å². The Bertz CT molecular complexity index is 350. The van der Waals surface area contributed by atoms with Crippen LogP contribution in [-0.2, 0) is 0 Å². The second kappa shape index (κ2) is 8.88. The van der Waals surface area contributed by atoms with Crippen LogP contribution in [0.1, 0.15) is 45.2 Å². The fourth-order valence-corrected chi connectivity index (χ4v) is 2.25. The molecule has 1 unspecified atom stereocenters. The minimum absolute atomic E-state index is 0.300. The third-order valence-corrected chi connectivity index (χ3v) is 3.53. The molecule has 1 aromatic heterocycles. The second-order valence-corrected chi connectivity index (χ2v) is 4.83. The van der Waals surface area contributed by atoms with E-state index in [-0.39, 0.29) is 0 Å². The number of nitrogen functional groups attached to an aromatic ring is 1. The summed E-state index contributed by atoms with van der Waals surface area (Å²) in [6, 6.07) is 2.18. The van der Waals surface area contributed by atoms with Crippen LogP contribution in [0.3, 0.4) is 0 Å². The standard InChI is InChI=1S/C15H28N4/c1-4-9-18-15(8-11-19(5-2)6-3)13-12-17-10-7-14(13)16/h7,10,12,15,18H,4-6,8-9,11H2,1-3H3,(H2,16,17). The largest absolute Gasteiger partial charge is 0.398 e. The summed E-state index contributed by atoms with van der Waals surface area (Å²) in [6.45, 7) is 10.9. The molecule has 0 aliphatic carbocycles. The van der Waals surface area contributed by atoms with Gasteiger partial charge in [0.1, 0.15) is 0 Å². The zero-order valence-electron chi connectivity index (χ0n) is 12.5. The Labute approximate surface area is 117 Å². The van der Waals surface area contributed by atoms with Crippen LogP contribution >= 0.6 is 0 Å². The van der Waals surface area contributed by atoms with E-state index in [2.05, 4.69) is 36.0 Å². The monoisotopic (exact) mass is 264 g/mol. The quantitative estimate of drug-likeness (QED) is 0.719. The molecule has 108 valence electrons. The molecular weight excluding hydrogens is 236 g/mol. The van der Waals surface area contributed by atoms with Crippen molar-refractivity contribution in [1.82, 2.24) is 15.2 Å². The Kier molecular flexibility index (Phi) is 7.45. The van der Waals surface area contributed by atoms with Crippen LogP contribution in [0.2, 0.25) is 0 Å². The van der Waals surface area contributed by atoms with Crippen molar-refractivity contribution in [2.75, 3.05) is 31.9 Å². The van der Waals surface area contributed by atoms with Crippen LogP contribution in [-0.4, -0.2) is 36.1 Å². The zero-order chi connectivity index (χ0) is 14.1. The van der Waals surface area contributed by atoms with Crippen LogP contribution in [0.25, 0.3) is 0 Å². The number of hydrogen-bond acceptors (Lipinski definition) is 4. The van der Waals surface area contributed by atoms with Crippen molar-refractivity contribution in [3.05, 3.63) is 24.0 Å². The highest BCUT2D eigenvalue weighted by molar-refractivity contribution is 5.46. The summed E-state index contributed by atoms with van der Waals surface area (Å²) >= 11 is 0. The van der Waals surface area contributed by atoms with Gasteiger partial charge in [-0.3, -0.25) is 4.98 Å². The lowest BCUT2D eigenvalue weighted by Gasteiger charge is -2.24. The van der Waals surface area contributed by atoms with Crippen LogP contribution in [0.15, 0.2) is 18.5 Å². The number of nitrogens with zero attached hydrogens (tertiary/aromatic N) is 2. The molecule has 0 aromatic carbocycles. The van der Waals surface area contributed by atoms with Crippen molar-refractivity contribution in [2.45, 2.75) is 39.7 Å². The molecule has 1 aromatic rings. The number of nitrogens with two attached hydrogens (primary N) is 1. The summed E-state index contributed by atoms with van der Waals surface area (Å²) in [7, 11) is 0. The molecule has 0 aliphatic rings. The maximum atomic E-state index is 6.07. The number of aromatic nitrogens is 1. The van der Waals surface area contributed by atoms with Gasteiger partial charge in [-0.15, -0.1) is 0 Å². The summed E-state index contributed by atoms with van der Waals surface area (Å²) in [5.74, 6) is 0. The smallest absolute Gasteiger partial charge is 0.0393 e. The summed E-state index contributed by atoms with van der Waals surface area (Å²) in [6.07, 6.45) is 5.84. The number of anilines is 1. The van der Waals surface area contributed by atoms with Gasteiger partial charge in [0, 0.05) is 29.7 Å². The predicted molar refractivity (Wildman–Crippen MR) is 82.1 cm³/mol. The highest BCUT2D eigenvalue weighted by atomic mass is 15.1. The maximum absolute atomic E-state index is 6.07. The van der Waals surface area contributed by atoms with E-state index in [4.69, 9.17) is 5.73 Å². The van der Waals surface area contributed by atoms with Gasteiger partial charge in [-0.25, -0.2) is 0 Å². The lowest BCUT2D eigenvalue weighted by Crippen LogP contribution is -2.30. The Hall–Kier alpha value is -1.13. The van der Waals surface area contributed by atoms with Gasteiger partial charge in [-0.2, -0.15) is 0 Å². The van der Waals surface area contributed by atoms with Crippen molar-refractivity contribution < 1.29 is 0 Å². The topological polar surface area (TPSA) is 54.2 Å². The first-order chi connectivity index (χ1) is 9.22. The molecule has 1 atom stereocenters. The number of rotatable bonds is 9. The minimum atomic E-state index is 0.300. The number of nitrogens with one attached hydrogen (secondary N) is 1. The van der Waals surface area contributed by atoms with Crippen LogP contribution in [0, 0.1) is 0 Å². The molecule has 1 rings (SSSR count). The molecular formula is C15H28N4. The molecule has 0 saturated carbocycles. The minimum Gasteiger partial charge on any atom is -0.398 e. The van der Waals surface area contributed by atoms with E-state index in [9.17, 15) is 0 Å². The van der Waals surface area contributed by atoms with E-state index < -0.39 is 0 Å². The van der Waals surface area contributed by atoms with Crippen LogP contribution < -0.4 is 11.1 Å². The molecule has 4 heteroatoms. The second-order valence-electron chi connectivity index (χ2n) is 4.83. The first-order valence-electron chi connectivity index (χ1n) is 7.37. The van der Waals surface area contributed by atoms with Crippen molar-refractivity contribution in [1.29, 1.82) is 0 Å². The number of hydrogen-bond donors (Lipinski definition) is 2. The third-order valence-electron chi connectivity index (χ3n) is 3.53. The molecule has 0 bridgehead atoms. The predicted octanol–water partition coefficient (Wildman–Crippen LogP) is 2.44. The first kappa shape index (κ1) is 15.9. The van der Waals surface area contributed by atoms with Crippen molar-refractivity contribution in [3.63, 3.8) is 0 Å². The highest BCUT2D eigenvalue weighted by Crippen LogP contribution is 2.22. The van der Waals surface area contributed by atoms with E-state index >= 15 is 0 Å². The fourth-order valence-electron chi connectivity index (χ4n) is 2.25. The summed E-state index contributed by atoms with van der Waals surface area (Å²) in [5.41, 5.74) is 8.04. The van der Waals surface area contributed by atoms with E-state index in [0.29, 0.717) is 6.04 Å². The molecule has 4 nitrogen and oxygen atoms in total. The molecule has 0 aliphatic heterocycles. The molecule has 1 heterocycles. The van der Waals surface area contributed by atoms with Gasteiger partial charge in [0.15, 0.2) is 0 Å².